The number of carbonyl (C=O) groups is 1. The van der Waals surface area contributed by atoms with Crippen LogP contribution in [0.5, 0.6) is 0 Å². The maximum Gasteiger partial charge on any atom is 0.410 e. The smallest absolute Gasteiger partial charge is 0.410 e. The first-order valence-electron chi connectivity index (χ1n) is 14.4. The SMILES string of the molecule is Br.Cc1cc(C2CCN(C(=O)OC(C)(C)C)CC2)ccc1C[P+](c1ccccc1)(c1ccccc1)c1ccccc1. The van der Waals surface area contributed by atoms with Crippen molar-refractivity contribution in [3.63, 3.8) is 0 Å². The van der Waals surface area contributed by atoms with Crippen LogP contribution >= 0.6 is 24.2 Å². The molecule has 1 fully saturated rings. The van der Waals surface area contributed by atoms with Crippen LogP contribution in [0.15, 0.2) is 109 Å². The van der Waals surface area contributed by atoms with Crippen LogP contribution in [0.1, 0.15) is 56.2 Å². The van der Waals surface area contributed by atoms with E-state index in [4.69, 9.17) is 4.74 Å². The van der Waals surface area contributed by atoms with Crippen LogP contribution in [0.3, 0.4) is 0 Å². The molecule has 4 aromatic rings. The molecule has 1 heterocycles. The molecule has 4 aromatic carbocycles. The van der Waals surface area contributed by atoms with Crippen LogP contribution in [-0.4, -0.2) is 29.7 Å². The maximum atomic E-state index is 12.5. The highest BCUT2D eigenvalue weighted by atomic mass is 79.9. The molecule has 41 heavy (non-hydrogen) atoms. The number of likely N-dealkylation sites (tertiary alicyclic amines) is 1. The first-order valence-corrected chi connectivity index (χ1v) is 16.4. The highest BCUT2D eigenvalue weighted by Crippen LogP contribution is 2.58. The summed E-state index contributed by atoms with van der Waals surface area (Å²) in [5.41, 5.74) is 3.67. The molecule has 0 spiro atoms. The Balaban J connectivity index is 0.00000387. The van der Waals surface area contributed by atoms with Gasteiger partial charge in [0.1, 0.15) is 28.8 Å². The Kier molecular flexibility index (Phi) is 10.1. The molecule has 5 heteroatoms. The molecular weight excluding hydrogens is 589 g/mol. The van der Waals surface area contributed by atoms with Crippen molar-refractivity contribution in [2.75, 3.05) is 13.1 Å². The number of benzene rings is 4. The summed E-state index contributed by atoms with van der Waals surface area (Å²) in [5.74, 6) is 0.461. The number of ether oxygens (including phenoxy) is 1. The number of piperidine rings is 1. The molecule has 0 N–H and O–H groups in total. The fourth-order valence-electron chi connectivity index (χ4n) is 5.90. The summed E-state index contributed by atoms with van der Waals surface area (Å²) in [4.78, 5) is 14.4. The highest BCUT2D eigenvalue weighted by Gasteiger charge is 2.45. The van der Waals surface area contributed by atoms with Crippen molar-refractivity contribution < 1.29 is 9.53 Å². The standard InChI is InChI=1S/C36H41NO2P.BrH/c1-28-26-30(29-22-24-37(25-23-29)35(38)39-36(2,3)4)20-21-31(28)27-40(32-14-8-5-9-15-32,33-16-10-6-11-17-33)34-18-12-7-13-19-34;/h5-21,26,29H,22-25,27H2,1-4H3;1H/q+1;. The fourth-order valence-corrected chi connectivity index (χ4v) is 10.2. The van der Waals surface area contributed by atoms with Gasteiger partial charge >= 0.3 is 6.09 Å². The highest BCUT2D eigenvalue weighted by molar-refractivity contribution is 8.93. The van der Waals surface area contributed by atoms with Gasteiger partial charge in [0.05, 0.1) is 6.16 Å². The number of carbonyl (C=O) groups excluding carboxylic acids is 1. The van der Waals surface area contributed by atoms with Crippen LogP contribution in [-0.2, 0) is 10.9 Å². The van der Waals surface area contributed by atoms with E-state index in [1.54, 1.807) is 0 Å². The van der Waals surface area contributed by atoms with Gasteiger partial charge in [-0.15, -0.1) is 17.0 Å². The first-order chi connectivity index (χ1) is 19.3. The van der Waals surface area contributed by atoms with E-state index in [2.05, 4.69) is 116 Å². The summed E-state index contributed by atoms with van der Waals surface area (Å²) in [6.45, 7) is 9.52. The van der Waals surface area contributed by atoms with Gasteiger partial charge in [-0.05, 0) is 99.5 Å². The molecule has 1 amide bonds. The second-order valence-electron chi connectivity index (χ2n) is 11.9. The van der Waals surface area contributed by atoms with Gasteiger partial charge in [0, 0.05) is 13.1 Å². The van der Waals surface area contributed by atoms with Crippen molar-refractivity contribution in [3.05, 3.63) is 126 Å². The lowest BCUT2D eigenvalue weighted by Crippen LogP contribution is -2.41. The molecule has 0 aliphatic carbocycles. The summed E-state index contributed by atoms with van der Waals surface area (Å²) in [6.07, 6.45) is 2.72. The predicted octanol–water partition coefficient (Wildman–Crippen LogP) is 8.18. The maximum absolute atomic E-state index is 12.5. The zero-order chi connectivity index (χ0) is 28.2. The summed E-state index contributed by atoms with van der Waals surface area (Å²) in [6, 6.07) is 40.4. The molecule has 0 saturated carbocycles. The average molecular weight is 632 g/mol. The Morgan fingerprint density at radius 1 is 0.780 bits per heavy atom. The molecule has 5 rings (SSSR count). The van der Waals surface area contributed by atoms with E-state index in [9.17, 15) is 4.79 Å². The Labute approximate surface area is 257 Å². The second-order valence-corrected chi connectivity index (χ2v) is 15.4. The topological polar surface area (TPSA) is 29.5 Å². The molecule has 214 valence electrons. The van der Waals surface area contributed by atoms with Gasteiger partial charge in [-0.25, -0.2) is 4.79 Å². The van der Waals surface area contributed by atoms with Crippen molar-refractivity contribution >= 4 is 46.3 Å². The minimum absolute atomic E-state index is 0. The second kappa shape index (κ2) is 13.4. The van der Waals surface area contributed by atoms with Crippen molar-refractivity contribution in [2.45, 2.75) is 58.2 Å². The summed E-state index contributed by atoms with van der Waals surface area (Å²) >= 11 is 0. The lowest BCUT2D eigenvalue weighted by molar-refractivity contribution is 0.0205. The van der Waals surface area contributed by atoms with Gasteiger partial charge in [0.2, 0.25) is 0 Å². The van der Waals surface area contributed by atoms with Crippen LogP contribution in [0, 0.1) is 6.92 Å². The first kappa shape index (κ1) is 31.0. The molecule has 0 unspecified atom stereocenters. The number of amides is 1. The van der Waals surface area contributed by atoms with Crippen molar-refractivity contribution in [2.24, 2.45) is 0 Å². The van der Waals surface area contributed by atoms with E-state index in [1.807, 2.05) is 25.7 Å². The zero-order valence-electron chi connectivity index (χ0n) is 24.6. The molecule has 3 nitrogen and oxygen atoms in total. The molecule has 1 aliphatic rings. The quantitative estimate of drug-likeness (QED) is 0.201. The van der Waals surface area contributed by atoms with E-state index in [1.165, 1.54) is 32.6 Å². The van der Waals surface area contributed by atoms with Gasteiger partial charge in [0.15, 0.2) is 0 Å². The van der Waals surface area contributed by atoms with Crippen LogP contribution < -0.4 is 15.9 Å². The predicted molar refractivity (Wildman–Crippen MR) is 180 cm³/mol. The Morgan fingerprint density at radius 3 is 1.66 bits per heavy atom. The number of aryl methyl sites for hydroxylation is 1. The third-order valence-electron chi connectivity index (χ3n) is 7.98. The number of rotatable bonds is 6. The summed E-state index contributed by atoms with van der Waals surface area (Å²) < 4.78 is 5.60. The van der Waals surface area contributed by atoms with E-state index in [-0.39, 0.29) is 23.1 Å². The molecule has 0 aromatic heterocycles. The number of halogens is 1. The van der Waals surface area contributed by atoms with Crippen molar-refractivity contribution in [1.82, 2.24) is 4.90 Å². The van der Waals surface area contributed by atoms with Gasteiger partial charge in [-0.3, -0.25) is 0 Å². The third-order valence-corrected chi connectivity index (χ3v) is 12.3. The Morgan fingerprint density at radius 2 is 1.24 bits per heavy atom. The molecule has 1 saturated heterocycles. The van der Waals surface area contributed by atoms with Crippen LogP contribution in [0.4, 0.5) is 4.79 Å². The number of hydrogen-bond donors (Lipinski definition) is 0. The number of nitrogens with zero attached hydrogens (tertiary/aromatic N) is 1. The van der Waals surface area contributed by atoms with Gasteiger partial charge in [0.25, 0.3) is 0 Å². The van der Waals surface area contributed by atoms with Crippen molar-refractivity contribution in [3.8, 4) is 0 Å². The van der Waals surface area contributed by atoms with Gasteiger partial charge in [-0.1, -0.05) is 72.8 Å². The normalized spacial score (nSPS) is 14.3. The summed E-state index contributed by atoms with van der Waals surface area (Å²) in [7, 11) is -1.94. The lowest BCUT2D eigenvalue weighted by atomic mass is 9.88. The largest absolute Gasteiger partial charge is 0.444 e. The average Bonchev–Trinajstić information content (AvgIpc) is 2.97. The fraction of sp³-hybridized carbons (Fsp3) is 0.306. The van der Waals surface area contributed by atoms with E-state index < -0.39 is 12.9 Å². The van der Waals surface area contributed by atoms with E-state index in [0.29, 0.717) is 5.92 Å². The van der Waals surface area contributed by atoms with Crippen LogP contribution in [0.2, 0.25) is 0 Å². The lowest BCUT2D eigenvalue weighted by Gasteiger charge is -2.34. The molecule has 0 bridgehead atoms. The number of hydrogen-bond acceptors (Lipinski definition) is 2. The molecular formula is C36H42BrNO2P+. The van der Waals surface area contributed by atoms with Gasteiger partial charge in [-0.2, -0.15) is 0 Å². The Bertz CT molecular complexity index is 1320. The third kappa shape index (κ3) is 7.11. The monoisotopic (exact) mass is 630 g/mol. The zero-order valence-corrected chi connectivity index (χ0v) is 27.2. The Hall–Kier alpha value is -2.94. The molecule has 1 aliphatic heterocycles. The molecule has 0 atom stereocenters. The molecule has 0 radical (unpaired) electrons. The van der Waals surface area contributed by atoms with Crippen LogP contribution in [0.25, 0.3) is 0 Å². The minimum Gasteiger partial charge on any atom is -0.444 e. The summed E-state index contributed by atoms with van der Waals surface area (Å²) in [5, 5.41) is 4.22. The van der Waals surface area contributed by atoms with E-state index in [0.717, 1.165) is 32.1 Å². The van der Waals surface area contributed by atoms with Gasteiger partial charge < -0.3 is 9.64 Å². The van der Waals surface area contributed by atoms with E-state index >= 15 is 0 Å². The minimum atomic E-state index is -1.94. The van der Waals surface area contributed by atoms with Crippen molar-refractivity contribution in [1.29, 1.82) is 0 Å².